The third-order valence-electron chi connectivity index (χ3n) is 3.51. The van der Waals surface area contributed by atoms with Crippen molar-refractivity contribution >= 4 is 11.3 Å². The predicted molar refractivity (Wildman–Crippen MR) is 86.1 cm³/mol. The first-order chi connectivity index (χ1) is 10.8. The van der Waals surface area contributed by atoms with Gasteiger partial charge in [-0.05, 0) is 12.1 Å². The third kappa shape index (κ3) is 2.09. The third-order valence-corrected chi connectivity index (χ3v) is 3.51. The molecule has 0 aliphatic carbocycles. The summed E-state index contributed by atoms with van der Waals surface area (Å²) >= 11 is 0. The Morgan fingerprint density at radius 3 is 2.45 bits per heavy atom. The van der Waals surface area contributed by atoms with Gasteiger partial charge in [0.15, 0.2) is 11.5 Å². The average molecular weight is 287 g/mol. The Morgan fingerprint density at radius 2 is 1.64 bits per heavy atom. The summed E-state index contributed by atoms with van der Waals surface area (Å²) in [5, 5.41) is 8.50. The first-order valence-electron chi connectivity index (χ1n) is 6.93. The first-order valence-corrected chi connectivity index (χ1v) is 6.93. The fourth-order valence-corrected chi connectivity index (χ4v) is 2.44. The zero-order valence-electron chi connectivity index (χ0n) is 11.7. The summed E-state index contributed by atoms with van der Waals surface area (Å²) < 4.78 is 1.86. The van der Waals surface area contributed by atoms with Crippen molar-refractivity contribution in [2.24, 2.45) is 0 Å². The molecule has 0 unspecified atom stereocenters. The van der Waals surface area contributed by atoms with Crippen LogP contribution >= 0.6 is 0 Å². The Bertz CT molecular complexity index is 944. The van der Waals surface area contributed by atoms with Crippen molar-refractivity contribution in [1.29, 1.82) is 0 Å². The summed E-state index contributed by atoms with van der Waals surface area (Å²) in [5.41, 5.74) is 10.1. The van der Waals surface area contributed by atoms with Gasteiger partial charge in [0.1, 0.15) is 6.33 Å². The van der Waals surface area contributed by atoms with E-state index in [0.717, 1.165) is 28.3 Å². The van der Waals surface area contributed by atoms with Gasteiger partial charge in [-0.25, -0.2) is 4.98 Å². The van der Waals surface area contributed by atoms with Crippen molar-refractivity contribution < 1.29 is 0 Å². The largest absolute Gasteiger partial charge is 0.399 e. The van der Waals surface area contributed by atoms with Crippen molar-refractivity contribution in [1.82, 2.24) is 19.6 Å². The molecule has 2 heterocycles. The fourth-order valence-electron chi connectivity index (χ4n) is 2.44. The van der Waals surface area contributed by atoms with E-state index in [9.17, 15) is 0 Å². The predicted octanol–water partition coefficient (Wildman–Crippen LogP) is 3.04. The molecule has 0 aliphatic rings. The molecule has 0 saturated carbocycles. The Labute approximate surface area is 127 Å². The highest BCUT2D eigenvalue weighted by molar-refractivity contribution is 5.67. The van der Waals surface area contributed by atoms with Gasteiger partial charge in [-0.1, -0.05) is 42.5 Å². The minimum Gasteiger partial charge on any atom is -0.399 e. The van der Waals surface area contributed by atoms with E-state index in [1.807, 2.05) is 65.1 Å². The zero-order valence-corrected chi connectivity index (χ0v) is 11.7. The van der Waals surface area contributed by atoms with Gasteiger partial charge in [0.05, 0.1) is 5.69 Å². The Kier molecular flexibility index (Phi) is 2.83. The lowest BCUT2D eigenvalue weighted by atomic mass is 10.1. The molecule has 4 aromatic rings. The molecule has 2 N–H and O–H groups in total. The highest BCUT2D eigenvalue weighted by Crippen LogP contribution is 2.22. The number of rotatable bonds is 2. The van der Waals surface area contributed by atoms with Crippen molar-refractivity contribution in [3.8, 4) is 22.6 Å². The molecule has 0 aliphatic heterocycles. The van der Waals surface area contributed by atoms with Gasteiger partial charge in [-0.2, -0.15) is 0 Å². The number of nitrogen functional groups attached to an aromatic ring is 1. The molecular weight excluding hydrogens is 274 g/mol. The van der Waals surface area contributed by atoms with E-state index in [1.54, 1.807) is 6.33 Å². The molecule has 5 heteroatoms. The average Bonchev–Trinajstić information content (AvgIpc) is 2.99. The van der Waals surface area contributed by atoms with Crippen molar-refractivity contribution in [3.05, 3.63) is 67.0 Å². The molecule has 0 fully saturated rings. The summed E-state index contributed by atoms with van der Waals surface area (Å²) in [5.74, 6) is 0.731. The standard InChI is InChI=1S/C17H13N5/c18-14-8-4-7-13(9-14)17-21-20-16-10-15(19-11-22(16)17)12-5-2-1-3-6-12/h1-11H,18H2. The van der Waals surface area contributed by atoms with E-state index in [4.69, 9.17) is 5.73 Å². The van der Waals surface area contributed by atoms with Crippen LogP contribution in [0.5, 0.6) is 0 Å². The van der Waals surface area contributed by atoms with Crippen LogP contribution in [-0.2, 0) is 0 Å². The van der Waals surface area contributed by atoms with Crippen LogP contribution in [0.3, 0.4) is 0 Å². The Morgan fingerprint density at radius 1 is 0.818 bits per heavy atom. The molecule has 5 nitrogen and oxygen atoms in total. The van der Waals surface area contributed by atoms with E-state index >= 15 is 0 Å². The number of aromatic nitrogens is 4. The number of hydrogen-bond acceptors (Lipinski definition) is 4. The maximum Gasteiger partial charge on any atom is 0.169 e. The Hall–Kier alpha value is -3.21. The van der Waals surface area contributed by atoms with Gasteiger partial charge in [0.2, 0.25) is 0 Å². The molecule has 0 saturated heterocycles. The van der Waals surface area contributed by atoms with Gasteiger partial charge in [-0.3, -0.25) is 4.40 Å². The van der Waals surface area contributed by atoms with E-state index in [-0.39, 0.29) is 0 Å². The topological polar surface area (TPSA) is 69.1 Å². The number of hydrogen-bond donors (Lipinski definition) is 1. The molecule has 2 aromatic heterocycles. The van der Waals surface area contributed by atoms with Gasteiger partial charge in [-0.15, -0.1) is 10.2 Å². The maximum absolute atomic E-state index is 5.84. The molecule has 22 heavy (non-hydrogen) atoms. The minimum atomic E-state index is 0.697. The molecule has 0 amide bonds. The lowest BCUT2D eigenvalue weighted by molar-refractivity contribution is 1.08. The second-order valence-corrected chi connectivity index (χ2v) is 5.02. The second-order valence-electron chi connectivity index (χ2n) is 5.02. The van der Waals surface area contributed by atoms with Crippen LogP contribution in [0.25, 0.3) is 28.3 Å². The monoisotopic (exact) mass is 287 g/mol. The summed E-state index contributed by atoms with van der Waals surface area (Å²) in [6.07, 6.45) is 1.75. The van der Waals surface area contributed by atoms with Crippen LogP contribution in [0.4, 0.5) is 5.69 Å². The summed E-state index contributed by atoms with van der Waals surface area (Å²) in [6.45, 7) is 0. The number of fused-ring (bicyclic) bond motifs is 1. The van der Waals surface area contributed by atoms with Crippen LogP contribution in [0.15, 0.2) is 67.0 Å². The summed E-state index contributed by atoms with van der Waals surface area (Å²) in [7, 11) is 0. The lowest BCUT2D eigenvalue weighted by Crippen LogP contribution is -1.94. The molecule has 2 aromatic carbocycles. The van der Waals surface area contributed by atoms with Crippen LogP contribution in [0.2, 0.25) is 0 Å². The minimum absolute atomic E-state index is 0.697. The normalized spacial score (nSPS) is 10.9. The zero-order chi connectivity index (χ0) is 14.9. The maximum atomic E-state index is 5.84. The molecule has 0 atom stereocenters. The van der Waals surface area contributed by atoms with E-state index < -0.39 is 0 Å². The number of nitrogens with zero attached hydrogens (tertiary/aromatic N) is 4. The first kappa shape index (κ1) is 12.5. The fraction of sp³-hybridized carbons (Fsp3) is 0. The molecule has 0 spiro atoms. The van der Waals surface area contributed by atoms with Gasteiger partial charge in [0, 0.05) is 22.9 Å². The molecular formula is C17H13N5. The van der Waals surface area contributed by atoms with E-state index in [0.29, 0.717) is 5.69 Å². The van der Waals surface area contributed by atoms with E-state index in [2.05, 4.69) is 15.2 Å². The quantitative estimate of drug-likeness (QED) is 0.575. The highest BCUT2D eigenvalue weighted by Gasteiger charge is 2.10. The molecule has 4 rings (SSSR count). The number of nitrogens with two attached hydrogens (primary N) is 1. The Balaban J connectivity index is 1.84. The smallest absolute Gasteiger partial charge is 0.169 e. The second kappa shape index (κ2) is 4.96. The summed E-state index contributed by atoms with van der Waals surface area (Å²) in [6, 6.07) is 19.5. The molecule has 0 bridgehead atoms. The van der Waals surface area contributed by atoms with Gasteiger partial charge >= 0.3 is 0 Å². The van der Waals surface area contributed by atoms with Crippen LogP contribution < -0.4 is 5.73 Å². The van der Waals surface area contributed by atoms with Crippen LogP contribution in [-0.4, -0.2) is 19.6 Å². The van der Waals surface area contributed by atoms with Crippen molar-refractivity contribution in [3.63, 3.8) is 0 Å². The SMILES string of the molecule is Nc1cccc(-c2nnc3cc(-c4ccccc4)ncn23)c1. The molecule has 0 radical (unpaired) electrons. The lowest BCUT2D eigenvalue weighted by Gasteiger charge is -2.03. The van der Waals surface area contributed by atoms with Crippen molar-refractivity contribution in [2.75, 3.05) is 5.73 Å². The van der Waals surface area contributed by atoms with Crippen LogP contribution in [0, 0.1) is 0 Å². The number of anilines is 1. The van der Waals surface area contributed by atoms with Crippen molar-refractivity contribution in [2.45, 2.75) is 0 Å². The van der Waals surface area contributed by atoms with E-state index in [1.165, 1.54) is 0 Å². The summed E-state index contributed by atoms with van der Waals surface area (Å²) in [4.78, 5) is 4.51. The molecule has 106 valence electrons. The number of benzene rings is 2. The van der Waals surface area contributed by atoms with Gasteiger partial charge < -0.3 is 5.73 Å². The van der Waals surface area contributed by atoms with Crippen LogP contribution in [0.1, 0.15) is 0 Å². The highest BCUT2D eigenvalue weighted by atomic mass is 15.3. The van der Waals surface area contributed by atoms with Gasteiger partial charge in [0.25, 0.3) is 0 Å².